The van der Waals surface area contributed by atoms with Gasteiger partial charge in [-0.05, 0) is 48.5 Å². The van der Waals surface area contributed by atoms with Crippen molar-refractivity contribution in [3.63, 3.8) is 0 Å². The van der Waals surface area contributed by atoms with Gasteiger partial charge < -0.3 is 15.0 Å². The molecule has 0 radical (unpaired) electrons. The van der Waals surface area contributed by atoms with Gasteiger partial charge in [-0.3, -0.25) is 14.6 Å². The van der Waals surface area contributed by atoms with E-state index in [-0.39, 0.29) is 17.4 Å². The zero-order chi connectivity index (χ0) is 22.9. The van der Waals surface area contributed by atoms with E-state index >= 15 is 0 Å². The maximum atomic E-state index is 13.2. The molecular formula is C26H18ClN3O3. The van der Waals surface area contributed by atoms with Crippen molar-refractivity contribution in [2.45, 2.75) is 0 Å². The number of para-hydroxylation sites is 2. The quantitative estimate of drug-likeness (QED) is 0.325. The Hall–Kier alpha value is -4.16. The first-order chi connectivity index (χ1) is 16.1. The van der Waals surface area contributed by atoms with Gasteiger partial charge in [-0.15, -0.1) is 0 Å². The minimum atomic E-state index is -0.271. The second-order valence-corrected chi connectivity index (χ2v) is 7.84. The average Bonchev–Trinajstić information content (AvgIpc) is 3.22. The molecule has 2 aromatic heterocycles. The van der Waals surface area contributed by atoms with E-state index in [2.05, 4.69) is 15.3 Å². The molecule has 1 amide bonds. The van der Waals surface area contributed by atoms with Crippen molar-refractivity contribution in [2.24, 2.45) is 0 Å². The monoisotopic (exact) mass is 455 g/mol. The largest absolute Gasteiger partial charge is 0.495 e. The van der Waals surface area contributed by atoms with E-state index < -0.39 is 0 Å². The first-order valence-corrected chi connectivity index (χ1v) is 10.6. The zero-order valence-corrected chi connectivity index (χ0v) is 18.3. The highest BCUT2D eigenvalue weighted by Crippen LogP contribution is 2.30. The van der Waals surface area contributed by atoms with Gasteiger partial charge in [0.2, 0.25) is 5.78 Å². The van der Waals surface area contributed by atoms with E-state index in [1.807, 2.05) is 24.3 Å². The molecule has 0 aliphatic rings. The van der Waals surface area contributed by atoms with Crippen LogP contribution in [0.5, 0.6) is 5.75 Å². The first kappa shape index (κ1) is 20.7. The van der Waals surface area contributed by atoms with Gasteiger partial charge in [-0.2, -0.15) is 0 Å². The minimum absolute atomic E-state index is 0.267. The van der Waals surface area contributed by atoms with Gasteiger partial charge >= 0.3 is 0 Å². The maximum Gasteiger partial charge on any atom is 0.255 e. The molecule has 0 fully saturated rings. The number of halogens is 1. The Labute approximate surface area is 194 Å². The Morgan fingerprint density at radius 3 is 2.58 bits per heavy atom. The smallest absolute Gasteiger partial charge is 0.255 e. The number of amides is 1. The van der Waals surface area contributed by atoms with E-state index in [0.29, 0.717) is 33.1 Å². The highest BCUT2D eigenvalue weighted by atomic mass is 35.5. The van der Waals surface area contributed by atoms with E-state index in [0.717, 1.165) is 16.3 Å². The SMILES string of the molecule is COc1ccccc1NC(=O)c1ccc2[nH]c3c(C(=O)c4ccccc4Cl)nccc3c2c1. The normalized spacial score (nSPS) is 11.0. The van der Waals surface area contributed by atoms with Gasteiger partial charge in [0, 0.05) is 33.6 Å². The lowest BCUT2D eigenvalue weighted by atomic mass is 10.0. The molecule has 0 bridgehead atoms. The summed E-state index contributed by atoms with van der Waals surface area (Å²) in [5.41, 5.74) is 3.11. The third kappa shape index (κ3) is 3.70. The lowest BCUT2D eigenvalue weighted by Gasteiger charge is -2.09. The predicted molar refractivity (Wildman–Crippen MR) is 129 cm³/mol. The molecule has 33 heavy (non-hydrogen) atoms. The van der Waals surface area contributed by atoms with Crippen LogP contribution >= 0.6 is 11.6 Å². The van der Waals surface area contributed by atoms with Crippen LogP contribution in [0.1, 0.15) is 26.4 Å². The number of H-pyrrole nitrogens is 1. The fourth-order valence-electron chi connectivity index (χ4n) is 3.85. The second-order valence-electron chi connectivity index (χ2n) is 7.43. The minimum Gasteiger partial charge on any atom is -0.495 e. The Morgan fingerprint density at radius 1 is 0.970 bits per heavy atom. The van der Waals surface area contributed by atoms with E-state index in [1.165, 1.54) is 0 Å². The van der Waals surface area contributed by atoms with Crippen LogP contribution in [0.25, 0.3) is 21.8 Å². The molecule has 0 unspecified atom stereocenters. The second kappa shape index (κ2) is 8.41. The first-order valence-electron chi connectivity index (χ1n) is 10.2. The van der Waals surface area contributed by atoms with Crippen molar-refractivity contribution in [1.82, 2.24) is 9.97 Å². The number of anilines is 1. The van der Waals surface area contributed by atoms with E-state index in [9.17, 15) is 9.59 Å². The molecule has 7 heteroatoms. The van der Waals surface area contributed by atoms with Crippen LogP contribution in [-0.4, -0.2) is 28.8 Å². The van der Waals surface area contributed by atoms with Crippen molar-refractivity contribution >= 4 is 50.8 Å². The molecular weight excluding hydrogens is 438 g/mol. The molecule has 2 heterocycles. The van der Waals surface area contributed by atoms with Crippen LogP contribution in [0, 0.1) is 0 Å². The third-order valence-corrected chi connectivity index (χ3v) is 5.80. The number of aromatic amines is 1. The maximum absolute atomic E-state index is 13.2. The highest BCUT2D eigenvalue weighted by molar-refractivity contribution is 6.35. The third-order valence-electron chi connectivity index (χ3n) is 5.47. The number of pyridine rings is 1. The van der Waals surface area contributed by atoms with Crippen LogP contribution in [0.4, 0.5) is 5.69 Å². The van der Waals surface area contributed by atoms with Gasteiger partial charge in [-0.1, -0.05) is 35.9 Å². The van der Waals surface area contributed by atoms with Crippen molar-refractivity contribution in [1.29, 1.82) is 0 Å². The number of hydrogen-bond acceptors (Lipinski definition) is 4. The van der Waals surface area contributed by atoms with Gasteiger partial charge in [0.05, 0.1) is 23.3 Å². The molecule has 0 aliphatic carbocycles. The van der Waals surface area contributed by atoms with Crippen molar-refractivity contribution in [3.8, 4) is 5.75 Å². The number of rotatable bonds is 5. The van der Waals surface area contributed by atoms with Crippen LogP contribution < -0.4 is 10.1 Å². The summed E-state index contributed by atoms with van der Waals surface area (Å²) in [6.45, 7) is 0. The summed E-state index contributed by atoms with van der Waals surface area (Å²) in [7, 11) is 1.55. The fourth-order valence-corrected chi connectivity index (χ4v) is 4.07. The van der Waals surface area contributed by atoms with Gasteiger partial charge in [-0.25, -0.2) is 0 Å². The number of ketones is 1. The summed E-state index contributed by atoms with van der Waals surface area (Å²) >= 11 is 6.23. The van der Waals surface area contributed by atoms with Gasteiger partial charge in [0.25, 0.3) is 5.91 Å². The number of nitrogens with zero attached hydrogens (tertiary/aromatic N) is 1. The van der Waals surface area contributed by atoms with Crippen LogP contribution in [0.3, 0.4) is 0 Å². The summed E-state index contributed by atoms with van der Waals surface area (Å²) in [4.78, 5) is 33.7. The number of fused-ring (bicyclic) bond motifs is 3. The summed E-state index contributed by atoms with van der Waals surface area (Å²) in [6, 6.07) is 21.3. The number of carbonyl (C=O) groups is 2. The fraction of sp³-hybridized carbons (Fsp3) is 0.0385. The zero-order valence-electron chi connectivity index (χ0n) is 17.6. The number of hydrogen-bond donors (Lipinski definition) is 2. The van der Waals surface area contributed by atoms with Crippen molar-refractivity contribution in [2.75, 3.05) is 12.4 Å². The lowest BCUT2D eigenvalue weighted by Crippen LogP contribution is -2.12. The number of benzene rings is 3. The van der Waals surface area contributed by atoms with Crippen molar-refractivity contribution < 1.29 is 14.3 Å². The standard InChI is InChI=1S/C26H18ClN3O3/c1-33-22-9-5-4-8-21(22)30-26(32)15-10-11-20-18(14-15)16-12-13-28-24(23(16)29-20)25(31)17-6-2-3-7-19(17)27/h2-14,29H,1H3,(H,30,32). The number of methoxy groups -OCH3 is 1. The van der Waals surface area contributed by atoms with Gasteiger partial charge in [0.1, 0.15) is 11.4 Å². The molecule has 162 valence electrons. The molecule has 2 N–H and O–H groups in total. The van der Waals surface area contributed by atoms with E-state index in [1.54, 1.807) is 61.8 Å². The molecule has 0 saturated heterocycles. The summed E-state index contributed by atoms with van der Waals surface area (Å²) in [6.07, 6.45) is 1.58. The number of carbonyl (C=O) groups excluding carboxylic acids is 2. The average molecular weight is 456 g/mol. The van der Waals surface area contributed by atoms with Crippen LogP contribution in [-0.2, 0) is 0 Å². The molecule has 0 saturated carbocycles. The summed E-state index contributed by atoms with van der Waals surface area (Å²) in [5, 5.41) is 4.86. The predicted octanol–water partition coefficient (Wildman–Crippen LogP) is 5.86. The summed E-state index contributed by atoms with van der Waals surface area (Å²) in [5.74, 6) is 0.0388. The van der Waals surface area contributed by atoms with Crippen molar-refractivity contribution in [3.05, 3.63) is 101 Å². The van der Waals surface area contributed by atoms with Gasteiger partial charge in [0.15, 0.2) is 0 Å². The Kier molecular flexibility index (Phi) is 5.28. The molecule has 0 spiro atoms. The number of aromatic nitrogens is 2. The van der Waals surface area contributed by atoms with Crippen LogP contribution in [0.2, 0.25) is 5.02 Å². The highest BCUT2D eigenvalue weighted by Gasteiger charge is 2.20. The molecule has 3 aromatic carbocycles. The number of ether oxygens (including phenoxy) is 1. The number of nitrogens with one attached hydrogen (secondary N) is 2. The van der Waals surface area contributed by atoms with E-state index in [4.69, 9.17) is 16.3 Å². The Morgan fingerprint density at radius 2 is 1.76 bits per heavy atom. The lowest BCUT2D eigenvalue weighted by molar-refractivity contribution is 0.102. The molecule has 5 aromatic rings. The Balaban J connectivity index is 1.56. The Bertz CT molecular complexity index is 1540. The van der Waals surface area contributed by atoms with Crippen LogP contribution in [0.15, 0.2) is 79.0 Å². The summed E-state index contributed by atoms with van der Waals surface area (Å²) < 4.78 is 5.31. The topological polar surface area (TPSA) is 84.1 Å². The molecule has 0 atom stereocenters. The molecule has 6 nitrogen and oxygen atoms in total. The molecule has 5 rings (SSSR count). The molecule has 0 aliphatic heterocycles.